The highest BCUT2D eigenvalue weighted by molar-refractivity contribution is 5.79. The smallest absolute Gasteiger partial charge is 0.236 e. The Morgan fingerprint density at radius 3 is 2.44 bits per heavy atom. The van der Waals surface area contributed by atoms with Gasteiger partial charge in [-0.2, -0.15) is 0 Å². The Bertz CT molecular complexity index is 279. The fourth-order valence-electron chi connectivity index (χ4n) is 2.61. The molecular formula is C13H25N3O2. The van der Waals surface area contributed by atoms with Gasteiger partial charge in [0, 0.05) is 13.1 Å². The van der Waals surface area contributed by atoms with Gasteiger partial charge >= 0.3 is 0 Å². The Labute approximate surface area is 109 Å². The predicted octanol–water partition coefficient (Wildman–Crippen LogP) is -0.393. The van der Waals surface area contributed by atoms with Crippen LogP contribution in [0.25, 0.3) is 0 Å². The maximum Gasteiger partial charge on any atom is 0.236 e. The van der Waals surface area contributed by atoms with Crippen molar-refractivity contribution in [2.24, 2.45) is 0 Å². The molecule has 0 aromatic heterocycles. The van der Waals surface area contributed by atoms with E-state index < -0.39 is 0 Å². The molecule has 2 heterocycles. The summed E-state index contributed by atoms with van der Waals surface area (Å²) in [5.41, 5.74) is 0. The topological polar surface area (TPSA) is 47.0 Å². The zero-order valence-electron chi connectivity index (χ0n) is 11.3. The Balaban J connectivity index is 1.74. The monoisotopic (exact) mass is 255 g/mol. The molecular weight excluding hydrogens is 230 g/mol. The summed E-state index contributed by atoms with van der Waals surface area (Å²) in [6.07, 6.45) is 3.22. The van der Waals surface area contributed by atoms with Gasteiger partial charge in [0.15, 0.2) is 0 Å². The Morgan fingerprint density at radius 1 is 1.11 bits per heavy atom. The summed E-state index contributed by atoms with van der Waals surface area (Å²) in [5.74, 6) is 0.174. The number of aliphatic hydroxyl groups is 1. The van der Waals surface area contributed by atoms with Crippen molar-refractivity contribution in [2.75, 3.05) is 52.9 Å². The Morgan fingerprint density at radius 2 is 1.72 bits per heavy atom. The van der Waals surface area contributed by atoms with Crippen molar-refractivity contribution < 1.29 is 9.90 Å². The van der Waals surface area contributed by atoms with Crippen LogP contribution < -0.4 is 0 Å². The van der Waals surface area contributed by atoms with Crippen molar-refractivity contribution in [1.82, 2.24) is 14.7 Å². The van der Waals surface area contributed by atoms with Crippen LogP contribution in [0.3, 0.4) is 0 Å². The number of carbonyl (C=O) groups excluding carboxylic acids is 1. The molecule has 0 aromatic carbocycles. The molecule has 1 amide bonds. The average Bonchev–Trinajstić information content (AvgIpc) is 2.38. The Kier molecular flexibility index (Phi) is 4.97. The van der Waals surface area contributed by atoms with Gasteiger partial charge in [0.05, 0.1) is 12.6 Å². The van der Waals surface area contributed by atoms with Crippen LogP contribution >= 0.6 is 0 Å². The number of carbonyl (C=O) groups is 1. The van der Waals surface area contributed by atoms with E-state index in [0.717, 1.165) is 26.1 Å². The fourth-order valence-corrected chi connectivity index (χ4v) is 2.61. The van der Waals surface area contributed by atoms with E-state index >= 15 is 0 Å². The third kappa shape index (κ3) is 3.93. The van der Waals surface area contributed by atoms with Gasteiger partial charge < -0.3 is 14.9 Å². The SMILES string of the molecule is CN1CCCCN(CC(=O)N2CC(O)C2)CCC1. The minimum atomic E-state index is -0.293. The second-order valence-electron chi connectivity index (χ2n) is 5.59. The van der Waals surface area contributed by atoms with E-state index in [2.05, 4.69) is 16.8 Å². The molecule has 2 saturated heterocycles. The van der Waals surface area contributed by atoms with Crippen molar-refractivity contribution in [1.29, 1.82) is 0 Å². The Hall–Kier alpha value is -0.650. The molecule has 0 aromatic rings. The molecule has 0 saturated carbocycles. The standard InChI is InChI=1S/C13H25N3O2/c1-14-5-2-3-7-15(8-4-6-14)11-13(18)16-9-12(17)10-16/h12,17H,2-11H2,1H3. The number of rotatable bonds is 2. The average molecular weight is 255 g/mol. The van der Waals surface area contributed by atoms with Crippen LogP contribution in [0, 0.1) is 0 Å². The molecule has 0 atom stereocenters. The molecule has 2 aliphatic heterocycles. The van der Waals surface area contributed by atoms with Crippen molar-refractivity contribution in [3.05, 3.63) is 0 Å². The second-order valence-corrected chi connectivity index (χ2v) is 5.59. The number of hydrogen-bond donors (Lipinski definition) is 1. The summed E-state index contributed by atoms with van der Waals surface area (Å²) in [6.45, 7) is 5.89. The van der Waals surface area contributed by atoms with Gasteiger partial charge in [-0.1, -0.05) is 0 Å². The van der Waals surface area contributed by atoms with E-state index in [0.29, 0.717) is 19.6 Å². The first-order valence-corrected chi connectivity index (χ1v) is 7.02. The zero-order chi connectivity index (χ0) is 13.0. The number of likely N-dealkylation sites (tertiary alicyclic amines) is 1. The molecule has 5 heteroatoms. The van der Waals surface area contributed by atoms with Crippen molar-refractivity contribution in [3.63, 3.8) is 0 Å². The van der Waals surface area contributed by atoms with Gasteiger partial charge in [0.1, 0.15) is 0 Å². The van der Waals surface area contributed by atoms with Crippen molar-refractivity contribution in [2.45, 2.75) is 25.4 Å². The third-order valence-corrected chi connectivity index (χ3v) is 3.85. The minimum Gasteiger partial charge on any atom is -0.389 e. The van der Waals surface area contributed by atoms with E-state index in [1.165, 1.54) is 19.4 Å². The lowest BCUT2D eigenvalue weighted by atomic mass is 10.1. The van der Waals surface area contributed by atoms with Gasteiger partial charge in [-0.3, -0.25) is 9.69 Å². The number of amides is 1. The van der Waals surface area contributed by atoms with Crippen LogP contribution in [0.4, 0.5) is 0 Å². The zero-order valence-corrected chi connectivity index (χ0v) is 11.3. The molecule has 0 radical (unpaired) electrons. The van der Waals surface area contributed by atoms with Gasteiger partial charge in [-0.05, 0) is 52.5 Å². The third-order valence-electron chi connectivity index (χ3n) is 3.85. The number of β-amino-alcohol motifs (C(OH)–C–C–N with tert-alkyl or cyclic N) is 1. The van der Waals surface area contributed by atoms with Gasteiger partial charge in [-0.15, -0.1) is 0 Å². The normalized spacial score (nSPS) is 25.1. The van der Waals surface area contributed by atoms with Crippen molar-refractivity contribution in [3.8, 4) is 0 Å². The first-order valence-electron chi connectivity index (χ1n) is 7.02. The number of aliphatic hydroxyl groups excluding tert-OH is 1. The summed E-state index contributed by atoms with van der Waals surface area (Å²) in [5, 5.41) is 9.21. The van der Waals surface area contributed by atoms with Gasteiger partial charge in [-0.25, -0.2) is 0 Å². The van der Waals surface area contributed by atoms with Crippen LogP contribution in [-0.2, 0) is 4.79 Å². The highest BCUT2D eigenvalue weighted by atomic mass is 16.3. The van der Waals surface area contributed by atoms with Crippen molar-refractivity contribution >= 4 is 5.91 Å². The maximum absolute atomic E-state index is 12.0. The van der Waals surface area contributed by atoms with E-state index in [1.807, 2.05) is 0 Å². The summed E-state index contributed by atoms with van der Waals surface area (Å²) in [6, 6.07) is 0. The summed E-state index contributed by atoms with van der Waals surface area (Å²) < 4.78 is 0. The predicted molar refractivity (Wildman–Crippen MR) is 70.4 cm³/mol. The fraction of sp³-hybridized carbons (Fsp3) is 0.923. The molecule has 2 aliphatic rings. The molecule has 18 heavy (non-hydrogen) atoms. The highest BCUT2D eigenvalue weighted by Crippen LogP contribution is 2.09. The van der Waals surface area contributed by atoms with Crippen LogP contribution in [0.5, 0.6) is 0 Å². The summed E-state index contributed by atoms with van der Waals surface area (Å²) in [7, 11) is 2.17. The van der Waals surface area contributed by atoms with Crippen LogP contribution in [0.1, 0.15) is 19.3 Å². The van der Waals surface area contributed by atoms with Gasteiger partial charge in [0.2, 0.25) is 5.91 Å². The molecule has 0 spiro atoms. The quantitative estimate of drug-likeness (QED) is 0.730. The summed E-state index contributed by atoms with van der Waals surface area (Å²) in [4.78, 5) is 18.3. The van der Waals surface area contributed by atoms with E-state index in [1.54, 1.807) is 4.90 Å². The molecule has 2 fully saturated rings. The molecule has 1 N–H and O–H groups in total. The molecule has 2 rings (SSSR count). The molecule has 5 nitrogen and oxygen atoms in total. The van der Waals surface area contributed by atoms with Crippen LogP contribution in [0.2, 0.25) is 0 Å². The van der Waals surface area contributed by atoms with E-state index in [-0.39, 0.29) is 12.0 Å². The largest absolute Gasteiger partial charge is 0.389 e. The molecule has 0 unspecified atom stereocenters. The van der Waals surface area contributed by atoms with E-state index in [4.69, 9.17) is 0 Å². The first-order chi connectivity index (χ1) is 8.65. The molecule has 104 valence electrons. The first kappa shape index (κ1) is 13.8. The van der Waals surface area contributed by atoms with E-state index in [9.17, 15) is 9.90 Å². The molecule has 0 aliphatic carbocycles. The second kappa shape index (κ2) is 6.50. The maximum atomic E-state index is 12.0. The lowest BCUT2D eigenvalue weighted by Crippen LogP contribution is -2.56. The lowest BCUT2D eigenvalue weighted by Gasteiger charge is -2.37. The summed E-state index contributed by atoms with van der Waals surface area (Å²) >= 11 is 0. The lowest BCUT2D eigenvalue weighted by molar-refractivity contribution is -0.142. The number of hydrogen-bond acceptors (Lipinski definition) is 4. The molecule has 0 bridgehead atoms. The van der Waals surface area contributed by atoms with Crippen LogP contribution in [-0.4, -0.2) is 84.7 Å². The number of nitrogens with zero attached hydrogens (tertiary/aromatic N) is 3. The minimum absolute atomic E-state index is 0.174. The van der Waals surface area contributed by atoms with Gasteiger partial charge in [0.25, 0.3) is 0 Å². The van der Waals surface area contributed by atoms with Crippen LogP contribution in [0.15, 0.2) is 0 Å². The highest BCUT2D eigenvalue weighted by Gasteiger charge is 2.29.